The first-order chi connectivity index (χ1) is 12.8. The summed E-state index contributed by atoms with van der Waals surface area (Å²) in [6.07, 6.45) is 4.34. The highest BCUT2D eigenvalue weighted by Crippen LogP contribution is 2.38. The SMILES string of the molecule is CSCCC(C)(O)CNC(=O)C(=O)Nc1cc2c3c(c1)CCN3C(=O)CC2. The van der Waals surface area contributed by atoms with Gasteiger partial charge in [0.25, 0.3) is 0 Å². The number of amides is 3. The number of thioether (sulfide) groups is 1. The summed E-state index contributed by atoms with van der Waals surface area (Å²) in [4.78, 5) is 38.1. The van der Waals surface area contributed by atoms with Gasteiger partial charge in [0.1, 0.15) is 0 Å². The average molecular weight is 391 g/mol. The van der Waals surface area contributed by atoms with Crippen molar-refractivity contribution in [3.05, 3.63) is 23.3 Å². The van der Waals surface area contributed by atoms with E-state index < -0.39 is 17.4 Å². The Kier molecular flexibility index (Phi) is 5.76. The fourth-order valence-electron chi connectivity index (χ4n) is 3.48. The third kappa shape index (κ3) is 4.44. The Morgan fingerprint density at radius 2 is 1.93 bits per heavy atom. The monoisotopic (exact) mass is 391 g/mol. The number of carbonyl (C=O) groups excluding carboxylic acids is 3. The minimum Gasteiger partial charge on any atom is -0.388 e. The summed E-state index contributed by atoms with van der Waals surface area (Å²) in [6, 6.07) is 3.67. The van der Waals surface area contributed by atoms with Crippen LogP contribution in [0.5, 0.6) is 0 Å². The van der Waals surface area contributed by atoms with E-state index in [1.165, 1.54) is 0 Å². The molecule has 0 saturated heterocycles. The Bertz CT molecular complexity index is 778. The van der Waals surface area contributed by atoms with Crippen molar-refractivity contribution < 1.29 is 19.5 Å². The minimum absolute atomic E-state index is 0.0202. The van der Waals surface area contributed by atoms with Crippen LogP contribution < -0.4 is 15.5 Å². The topological polar surface area (TPSA) is 98.7 Å². The van der Waals surface area contributed by atoms with Crippen LogP contribution >= 0.6 is 11.8 Å². The van der Waals surface area contributed by atoms with Crippen LogP contribution in [0.25, 0.3) is 0 Å². The number of nitrogens with zero attached hydrogens (tertiary/aromatic N) is 1. The molecule has 0 radical (unpaired) electrons. The molecule has 2 heterocycles. The van der Waals surface area contributed by atoms with Crippen LogP contribution in [-0.4, -0.2) is 53.5 Å². The molecule has 0 aliphatic carbocycles. The lowest BCUT2D eigenvalue weighted by atomic mass is 9.98. The van der Waals surface area contributed by atoms with Crippen LogP contribution in [0, 0.1) is 0 Å². The molecule has 146 valence electrons. The van der Waals surface area contributed by atoms with Crippen LogP contribution in [0.1, 0.15) is 30.9 Å². The zero-order valence-electron chi connectivity index (χ0n) is 15.6. The lowest BCUT2D eigenvalue weighted by molar-refractivity contribution is -0.136. The van der Waals surface area contributed by atoms with Crippen LogP contribution in [0.3, 0.4) is 0 Å². The molecule has 1 aromatic carbocycles. The Balaban J connectivity index is 1.62. The largest absolute Gasteiger partial charge is 0.388 e. The molecule has 3 rings (SSSR count). The zero-order chi connectivity index (χ0) is 19.6. The quantitative estimate of drug-likeness (QED) is 0.631. The maximum Gasteiger partial charge on any atom is 0.313 e. The van der Waals surface area contributed by atoms with Crippen molar-refractivity contribution in [2.75, 3.05) is 35.3 Å². The lowest BCUT2D eigenvalue weighted by Crippen LogP contribution is -2.44. The fourth-order valence-corrected chi connectivity index (χ4v) is 4.12. The van der Waals surface area contributed by atoms with Gasteiger partial charge < -0.3 is 20.6 Å². The predicted molar refractivity (Wildman–Crippen MR) is 106 cm³/mol. The van der Waals surface area contributed by atoms with Gasteiger partial charge in [-0.1, -0.05) is 0 Å². The van der Waals surface area contributed by atoms with Crippen molar-refractivity contribution in [1.82, 2.24) is 5.32 Å². The minimum atomic E-state index is -1.05. The van der Waals surface area contributed by atoms with Crippen LogP contribution in [0.15, 0.2) is 12.1 Å². The third-order valence-electron chi connectivity index (χ3n) is 4.99. The van der Waals surface area contributed by atoms with E-state index in [0.717, 1.165) is 29.0 Å². The second-order valence-corrected chi connectivity index (χ2v) is 8.30. The lowest BCUT2D eigenvalue weighted by Gasteiger charge is -2.26. The number of hydrogen-bond donors (Lipinski definition) is 3. The Morgan fingerprint density at radius 1 is 1.22 bits per heavy atom. The van der Waals surface area contributed by atoms with Crippen molar-refractivity contribution in [2.24, 2.45) is 0 Å². The average Bonchev–Trinajstić information content (AvgIpc) is 3.06. The highest BCUT2D eigenvalue weighted by atomic mass is 32.2. The van der Waals surface area contributed by atoms with Crippen molar-refractivity contribution in [3.8, 4) is 0 Å². The maximum absolute atomic E-state index is 12.2. The van der Waals surface area contributed by atoms with Crippen LogP contribution in [-0.2, 0) is 27.2 Å². The number of nitrogens with one attached hydrogen (secondary N) is 2. The molecule has 7 nitrogen and oxygen atoms in total. The molecule has 3 N–H and O–H groups in total. The van der Waals surface area contributed by atoms with E-state index in [0.29, 0.717) is 31.5 Å². The summed E-state index contributed by atoms with van der Waals surface area (Å²) in [6.45, 7) is 2.33. The van der Waals surface area contributed by atoms with Gasteiger partial charge in [0.2, 0.25) is 5.91 Å². The van der Waals surface area contributed by atoms with Crippen molar-refractivity contribution >= 4 is 40.9 Å². The number of rotatable bonds is 6. The molecule has 1 atom stereocenters. The highest BCUT2D eigenvalue weighted by Gasteiger charge is 2.31. The smallest absolute Gasteiger partial charge is 0.313 e. The van der Waals surface area contributed by atoms with E-state index in [4.69, 9.17) is 0 Å². The molecule has 1 aromatic rings. The summed E-state index contributed by atoms with van der Waals surface area (Å²) in [5, 5.41) is 15.3. The summed E-state index contributed by atoms with van der Waals surface area (Å²) in [5.41, 5.74) is 2.54. The second kappa shape index (κ2) is 7.90. The van der Waals surface area contributed by atoms with E-state index in [9.17, 15) is 19.5 Å². The predicted octanol–water partition coefficient (Wildman–Crippen LogP) is 1.08. The second-order valence-electron chi connectivity index (χ2n) is 7.32. The molecule has 0 bridgehead atoms. The number of hydrogen-bond acceptors (Lipinski definition) is 5. The number of aryl methyl sites for hydroxylation is 1. The van der Waals surface area contributed by atoms with Gasteiger partial charge in [-0.15, -0.1) is 0 Å². The van der Waals surface area contributed by atoms with E-state index in [2.05, 4.69) is 10.6 Å². The van der Waals surface area contributed by atoms with Gasteiger partial charge in [-0.3, -0.25) is 14.4 Å². The molecule has 0 fully saturated rings. The zero-order valence-corrected chi connectivity index (χ0v) is 16.4. The van der Waals surface area contributed by atoms with Gasteiger partial charge >= 0.3 is 11.8 Å². The Labute approximate surface area is 162 Å². The van der Waals surface area contributed by atoms with Crippen molar-refractivity contribution in [3.63, 3.8) is 0 Å². The van der Waals surface area contributed by atoms with Gasteiger partial charge in [0, 0.05) is 25.2 Å². The summed E-state index contributed by atoms with van der Waals surface area (Å²) in [7, 11) is 0. The maximum atomic E-state index is 12.2. The number of benzene rings is 1. The molecule has 2 aliphatic rings. The first-order valence-corrected chi connectivity index (χ1v) is 10.5. The van der Waals surface area contributed by atoms with Crippen molar-refractivity contribution in [2.45, 2.75) is 38.2 Å². The first kappa shape index (κ1) is 19.7. The van der Waals surface area contributed by atoms with Gasteiger partial charge in [0.05, 0.1) is 11.3 Å². The number of aliphatic hydroxyl groups is 1. The van der Waals surface area contributed by atoms with E-state index in [-0.39, 0.29) is 12.5 Å². The molecule has 2 aliphatic heterocycles. The molecular weight excluding hydrogens is 366 g/mol. The molecule has 8 heteroatoms. The molecule has 0 saturated carbocycles. The molecular formula is C19H25N3O4S. The normalized spacial score (nSPS) is 17.3. The standard InChI is InChI=1S/C19H25N3O4S/c1-19(26,6-8-27-2)11-20-17(24)18(25)21-14-9-12-3-4-15(23)22-7-5-13(10-14)16(12)22/h9-10,26H,3-8,11H2,1-2H3,(H,20,24)(H,21,25). The van der Waals surface area contributed by atoms with Crippen molar-refractivity contribution in [1.29, 1.82) is 0 Å². The Morgan fingerprint density at radius 3 is 2.63 bits per heavy atom. The molecule has 1 unspecified atom stereocenters. The number of carbonyl (C=O) groups is 3. The Hall–Kier alpha value is -2.06. The third-order valence-corrected chi connectivity index (χ3v) is 5.60. The summed E-state index contributed by atoms with van der Waals surface area (Å²) < 4.78 is 0. The van der Waals surface area contributed by atoms with Gasteiger partial charge in [-0.05, 0) is 61.5 Å². The van der Waals surface area contributed by atoms with E-state index in [1.54, 1.807) is 18.7 Å². The molecule has 0 spiro atoms. The van der Waals surface area contributed by atoms with E-state index >= 15 is 0 Å². The van der Waals surface area contributed by atoms with Crippen LogP contribution in [0.4, 0.5) is 11.4 Å². The van der Waals surface area contributed by atoms with E-state index in [1.807, 2.05) is 23.3 Å². The van der Waals surface area contributed by atoms with Gasteiger partial charge in [-0.2, -0.15) is 11.8 Å². The van der Waals surface area contributed by atoms with Gasteiger partial charge in [0.15, 0.2) is 0 Å². The number of anilines is 2. The molecule has 3 amide bonds. The molecule has 0 aromatic heterocycles. The highest BCUT2D eigenvalue weighted by molar-refractivity contribution is 7.98. The fraction of sp³-hybridized carbons (Fsp3) is 0.526. The first-order valence-electron chi connectivity index (χ1n) is 9.07. The van der Waals surface area contributed by atoms with Crippen LogP contribution in [0.2, 0.25) is 0 Å². The molecule has 27 heavy (non-hydrogen) atoms. The summed E-state index contributed by atoms with van der Waals surface area (Å²) in [5.74, 6) is -0.618. The summed E-state index contributed by atoms with van der Waals surface area (Å²) >= 11 is 1.61. The van der Waals surface area contributed by atoms with Gasteiger partial charge in [-0.25, -0.2) is 0 Å².